The summed E-state index contributed by atoms with van der Waals surface area (Å²) in [4.78, 5) is 14.6. The van der Waals surface area contributed by atoms with Crippen LogP contribution in [0.2, 0.25) is 0 Å². The molecule has 1 N–H and O–H groups in total. The molecule has 0 bridgehead atoms. The Labute approximate surface area is 97.4 Å². The SMILES string of the molecule is O=CO[O-].c1ccc2c(c1)[nH]c1ccccc12. The van der Waals surface area contributed by atoms with Crippen molar-refractivity contribution in [3.63, 3.8) is 0 Å². The lowest BCUT2D eigenvalue weighted by Crippen LogP contribution is -2.00. The molecule has 0 unspecified atom stereocenters. The van der Waals surface area contributed by atoms with Gasteiger partial charge in [0, 0.05) is 21.8 Å². The highest BCUT2D eigenvalue weighted by molar-refractivity contribution is 6.06. The topological polar surface area (TPSA) is 65.2 Å². The summed E-state index contributed by atoms with van der Waals surface area (Å²) in [6.07, 6.45) is 0. The number of hydrogen-bond acceptors (Lipinski definition) is 3. The standard InChI is InChI=1S/C12H9N.CH2O3/c1-3-7-11-9(5-1)10-6-2-4-8-12(10)13-11;2-1-4-3/h1-8,13H;1,3H/p-1. The fourth-order valence-corrected chi connectivity index (χ4v) is 1.80. The van der Waals surface area contributed by atoms with Crippen LogP contribution in [0.15, 0.2) is 48.5 Å². The maximum absolute atomic E-state index is 8.64. The molecule has 0 aliphatic heterocycles. The van der Waals surface area contributed by atoms with Gasteiger partial charge in [-0.15, -0.1) is 0 Å². The highest BCUT2D eigenvalue weighted by Crippen LogP contribution is 2.24. The number of hydrogen-bond donors (Lipinski definition) is 1. The minimum absolute atomic E-state index is 0.181. The first-order valence-corrected chi connectivity index (χ1v) is 5.04. The first-order valence-electron chi connectivity index (χ1n) is 5.04. The van der Waals surface area contributed by atoms with Gasteiger partial charge in [-0.3, -0.25) is 4.79 Å². The molecule has 0 amide bonds. The minimum atomic E-state index is -0.181. The number of aromatic nitrogens is 1. The van der Waals surface area contributed by atoms with Crippen LogP contribution in [0.4, 0.5) is 0 Å². The number of rotatable bonds is 1. The summed E-state index contributed by atoms with van der Waals surface area (Å²) >= 11 is 0. The number of aromatic amines is 1. The lowest BCUT2D eigenvalue weighted by atomic mass is 10.2. The van der Waals surface area contributed by atoms with Crippen molar-refractivity contribution in [3.8, 4) is 0 Å². The molecular weight excluding hydrogens is 218 g/mol. The summed E-state index contributed by atoms with van der Waals surface area (Å²) in [6, 6.07) is 16.8. The number of para-hydroxylation sites is 2. The van der Waals surface area contributed by atoms with Crippen LogP contribution in [0.25, 0.3) is 21.8 Å². The van der Waals surface area contributed by atoms with Gasteiger partial charge < -0.3 is 15.1 Å². The monoisotopic (exact) mass is 228 g/mol. The molecule has 0 aliphatic rings. The van der Waals surface area contributed by atoms with Crippen LogP contribution in [-0.2, 0) is 9.68 Å². The number of nitrogens with one attached hydrogen (secondary N) is 1. The number of H-pyrrole nitrogens is 1. The van der Waals surface area contributed by atoms with Crippen LogP contribution in [0.5, 0.6) is 0 Å². The van der Waals surface area contributed by atoms with E-state index in [-0.39, 0.29) is 6.47 Å². The zero-order valence-electron chi connectivity index (χ0n) is 8.92. The Morgan fingerprint density at radius 3 is 1.76 bits per heavy atom. The maximum Gasteiger partial charge on any atom is 0.287 e. The van der Waals surface area contributed by atoms with E-state index in [0.717, 1.165) is 0 Å². The van der Waals surface area contributed by atoms with Gasteiger partial charge in [0.25, 0.3) is 6.47 Å². The fourth-order valence-electron chi connectivity index (χ4n) is 1.80. The maximum atomic E-state index is 8.64. The molecule has 4 heteroatoms. The van der Waals surface area contributed by atoms with Crippen LogP contribution in [0.3, 0.4) is 0 Å². The zero-order chi connectivity index (χ0) is 12.1. The summed E-state index contributed by atoms with van der Waals surface area (Å²) in [7, 11) is 0. The van der Waals surface area contributed by atoms with E-state index in [0.29, 0.717) is 0 Å². The molecule has 0 saturated heterocycles. The lowest BCUT2D eigenvalue weighted by Gasteiger charge is -1.88. The Kier molecular flexibility index (Phi) is 3.37. The number of carbonyl (C=O) groups is 1. The van der Waals surface area contributed by atoms with Crippen molar-refractivity contribution in [1.29, 1.82) is 0 Å². The first kappa shape index (κ1) is 11.2. The third-order valence-electron chi connectivity index (χ3n) is 2.45. The molecule has 0 fully saturated rings. The summed E-state index contributed by atoms with van der Waals surface area (Å²) < 4.78 is 0. The van der Waals surface area contributed by atoms with Crippen molar-refractivity contribution in [3.05, 3.63) is 48.5 Å². The molecule has 3 rings (SSSR count). The molecule has 4 nitrogen and oxygen atoms in total. The van der Waals surface area contributed by atoms with E-state index in [9.17, 15) is 0 Å². The molecule has 0 atom stereocenters. The van der Waals surface area contributed by atoms with Crippen LogP contribution < -0.4 is 5.26 Å². The first-order chi connectivity index (χ1) is 8.36. The molecular formula is C13H10NO3-. The van der Waals surface area contributed by atoms with Crippen LogP contribution >= 0.6 is 0 Å². The summed E-state index contributed by atoms with van der Waals surface area (Å²) in [6.45, 7) is -0.181. The molecule has 86 valence electrons. The average molecular weight is 228 g/mol. The molecule has 0 aliphatic carbocycles. The second kappa shape index (κ2) is 5.14. The van der Waals surface area contributed by atoms with E-state index in [1.54, 1.807) is 0 Å². The van der Waals surface area contributed by atoms with Gasteiger partial charge in [0.1, 0.15) is 0 Å². The third kappa shape index (κ3) is 2.26. The van der Waals surface area contributed by atoms with Gasteiger partial charge in [0.05, 0.1) is 0 Å². The molecule has 3 aromatic rings. The third-order valence-corrected chi connectivity index (χ3v) is 2.45. The molecule has 17 heavy (non-hydrogen) atoms. The van der Waals surface area contributed by atoms with Gasteiger partial charge in [-0.05, 0) is 12.1 Å². The van der Waals surface area contributed by atoms with E-state index < -0.39 is 0 Å². The molecule has 2 aromatic carbocycles. The Hall–Kier alpha value is -2.33. The lowest BCUT2D eigenvalue weighted by molar-refractivity contribution is -0.652. The van der Waals surface area contributed by atoms with E-state index in [1.165, 1.54) is 21.8 Å². The van der Waals surface area contributed by atoms with E-state index in [1.807, 2.05) is 0 Å². The largest absolute Gasteiger partial charge is 0.662 e. The normalized spacial score (nSPS) is 9.71. The highest BCUT2D eigenvalue weighted by atomic mass is 17.1. The molecule has 0 radical (unpaired) electrons. The average Bonchev–Trinajstić information content (AvgIpc) is 2.77. The summed E-state index contributed by atoms with van der Waals surface area (Å²) in [5.41, 5.74) is 2.42. The summed E-state index contributed by atoms with van der Waals surface area (Å²) in [5.74, 6) is 0. The van der Waals surface area contributed by atoms with Gasteiger partial charge in [0.2, 0.25) is 0 Å². The van der Waals surface area contributed by atoms with Crippen molar-refractivity contribution >= 4 is 28.3 Å². The predicted octanol–water partition coefficient (Wildman–Crippen LogP) is 1.76. The van der Waals surface area contributed by atoms with E-state index >= 15 is 0 Å². The Bertz CT molecular complexity index is 580. The van der Waals surface area contributed by atoms with E-state index in [4.69, 9.17) is 10.1 Å². The smallest absolute Gasteiger partial charge is 0.287 e. The Balaban J connectivity index is 0.000000239. The number of benzene rings is 2. The van der Waals surface area contributed by atoms with Crippen LogP contribution in [0.1, 0.15) is 0 Å². The quantitative estimate of drug-likeness (QED) is 0.392. The highest BCUT2D eigenvalue weighted by Gasteiger charge is 2.00. The second-order valence-corrected chi connectivity index (χ2v) is 3.41. The Morgan fingerprint density at radius 2 is 1.35 bits per heavy atom. The van der Waals surface area contributed by atoms with Gasteiger partial charge in [0.15, 0.2) is 0 Å². The van der Waals surface area contributed by atoms with Gasteiger partial charge in [-0.1, -0.05) is 36.4 Å². The molecule has 0 saturated carbocycles. The number of carbonyl (C=O) groups excluding carboxylic acids is 1. The zero-order valence-corrected chi connectivity index (χ0v) is 8.92. The van der Waals surface area contributed by atoms with Crippen molar-refractivity contribution in [1.82, 2.24) is 4.98 Å². The summed E-state index contributed by atoms with van der Waals surface area (Å²) in [5, 5.41) is 11.0. The van der Waals surface area contributed by atoms with Crippen LogP contribution in [0, 0.1) is 0 Å². The molecule has 1 heterocycles. The second-order valence-electron chi connectivity index (χ2n) is 3.41. The molecule has 0 spiro atoms. The van der Waals surface area contributed by atoms with E-state index in [2.05, 4.69) is 58.4 Å². The number of fused-ring (bicyclic) bond motifs is 3. The van der Waals surface area contributed by atoms with Crippen molar-refractivity contribution in [2.24, 2.45) is 0 Å². The fraction of sp³-hybridized carbons (Fsp3) is 0. The minimum Gasteiger partial charge on any atom is -0.662 e. The predicted molar refractivity (Wildman–Crippen MR) is 63.0 cm³/mol. The molecule has 1 aromatic heterocycles. The van der Waals surface area contributed by atoms with Gasteiger partial charge >= 0.3 is 0 Å². The van der Waals surface area contributed by atoms with Crippen molar-refractivity contribution < 1.29 is 14.9 Å². The van der Waals surface area contributed by atoms with Crippen LogP contribution in [-0.4, -0.2) is 11.5 Å². The van der Waals surface area contributed by atoms with Crippen molar-refractivity contribution in [2.45, 2.75) is 0 Å². The van der Waals surface area contributed by atoms with Gasteiger partial charge in [-0.25, -0.2) is 0 Å². The van der Waals surface area contributed by atoms with Crippen molar-refractivity contribution in [2.75, 3.05) is 0 Å². The van der Waals surface area contributed by atoms with Gasteiger partial charge in [-0.2, -0.15) is 0 Å². The Morgan fingerprint density at radius 1 is 0.941 bits per heavy atom.